The van der Waals surface area contributed by atoms with E-state index >= 15 is 0 Å². The molecular formula is C18H22ClN3O2. The van der Waals surface area contributed by atoms with E-state index in [1.807, 2.05) is 51.1 Å². The second-order valence-electron chi connectivity index (χ2n) is 6.95. The van der Waals surface area contributed by atoms with Crippen molar-refractivity contribution in [2.45, 2.75) is 32.4 Å². The van der Waals surface area contributed by atoms with Crippen LogP contribution in [0.2, 0.25) is 5.15 Å². The number of carbonyl (C=O) groups is 1. The summed E-state index contributed by atoms with van der Waals surface area (Å²) in [6.07, 6.45) is -0.321. The maximum Gasteiger partial charge on any atom is 0.410 e. The molecule has 128 valence electrons. The topological polar surface area (TPSA) is 54.5 Å². The minimum atomic E-state index is -0.530. The minimum absolute atomic E-state index is 0.196. The van der Waals surface area contributed by atoms with E-state index in [1.165, 1.54) is 0 Å². The van der Waals surface area contributed by atoms with Crippen LogP contribution < -0.4 is 5.32 Å². The number of ether oxygens (including phenoxy) is 1. The van der Waals surface area contributed by atoms with Crippen LogP contribution in [-0.2, 0) is 4.74 Å². The fraction of sp³-hybridized carbons (Fsp3) is 0.444. The average Bonchev–Trinajstić information content (AvgIpc) is 2.52. The number of hydrogen-bond acceptors (Lipinski definition) is 4. The minimum Gasteiger partial charge on any atom is -0.444 e. The number of nitrogens with zero attached hydrogens (tertiary/aromatic N) is 2. The van der Waals surface area contributed by atoms with Gasteiger partial charge in [-0.15, -0.1) is 0 Å². The van der Waals surface area contributed by atoms with Gasteiger partial charge in [0, 0.05) is 30.6 Å². The summed E-state index contributed by atoms with van der Waals surface area (Å²) >= 11 is 6.42. The maximum absolute atomic E-state index is 12.6. The van der Waals surface area contributed by atoms with E-state index in [0.29, 0.717) is 18.2 Å². The summed E-state index contributed by atoms with van der Waals surface area (Å²) in [5, 5.41) is 4.75. The van der Waals surface area contributed by atoms with Crippen LogP contribution in [0.5, 0.6) is 0 Å². The Labute approximate surface area is 146 Å². The molecule has 1 fully saturated rings. The van der Waals surface area contributed by atoms with Crippen molar-refractivity contribution in [1.29, 1.82) is 0 Å². The lowest BCUT2D eigenvalue weighted by Crippen LogP contribution is -2.50. The van der Waals surface area contributed by atoms with Crippen molar-refractivity contribution in [1.82, 2.24) is 15.2 Å². The molecule has 2 aromatic rings. The zero-order valence-corrected chi connectivity index (χ0v) is 14.9. The number of para-hydroxylation sites is 1. The van der Waals surface area contributed by atoms with E-state index in [9.17, 15) is 4.79 Å². The number of aromatic nitrogens is 1. The number of amides is 1. The van der Waals surface area contributed by atoms with E-state index in [0.717, 1.165) is 23.0 Å². The monoisotopic (exact) mass is 347 g/mol. The molecule has 1 atom stereocenters. The van der Waals surface area contributed by atoms with Gasteiger partial charge in [-0.05, 0) is 32.9 Å². The van der Waals surface area contributed by atoms with Crippen molar-refractivity contribution < 1.29 is 9.53 Å². The Morgan fingerprint density at radius 1 is 1.38 bits per heavy atom. The molecule has 1 aliphatic rings. The van der Waals surface area contributed by atoms with Crippen molar-refractivity contribution >= 4 is 28.6 Å². The molecule has 1 aliphatic heterocycles. The van der Waals surface area contributed by atoms with Gasteiger partial charge in [0.25, 0.3) is 0 Å². The number of nitrogens with one attached hydrogen (secondary N) is 1. The molecule has 1 unspecified atom stereocenters. The predicted octanol–water partition coefficient (Wildman–Crippen LogP) is 3.77. The van der Waals surface area contributed by atoms with Crippen molar-refractivity contribution in [3.63, 3.8) is 0 Å². The van der Waals surface area contributed by atoms with Gasteiger partial charge in [0.1, 0.15) is 10.8 Å². The molecule has 5 nitrogen and oxygen atoms in total. The first-order chi connectivity index (χ1) is 11.3. The Bertz CT molecular complexity index is 758. The van der Waals surface area contributed by atoms with Crippen LogP contribution in [0, 0.1) is 0 Å². The van der Waals surface area contributed by atoms with Crippen molar-refractivity contribution in [2.24, 2.45) is 0 Å². The number of rotatable bonds is 1. The Morgan fingerprint density at radius 2 is 2.12 bits per heavy atom. The summed E-state index contributed by atoms with van der Waals surface area (Å²) in [4.78, 5) is 18.8. The summed E-state index contributed by atoms with van der Waals surface area (Å²) in [5.41, 5.74) is 1.16. The third-order valence-electron chi connectivity index (χ3n) is 3.93. The summed E-state index contributed by atoms with van der Waals surface area (Å²) in [5.74, 6) is 0. The molecule has 0 aliphatic carbocycles. The second-order valence-corrected chi connectivity index (χ2v) is 7.31. The highest BCUT2D eigenvalue weighted by Crippen LogP contribution is 2.31. The smallest absolute Gasteiger partial charge is 0.410 e. The average molecular weight is 348 g/mol. The largest absolute Gasteiger partial charge is 0.444 e. The van der Waals surface area contributed by atoms with Crippen LogP contribution in [0.15, 0.2) is 30.3 Å². The van der Waals surface area contributed by atoms with Crippen LogP contribution >= 0.6 is 11.6 Å². The van der Waals surface area contributed by atoms with E-state index < -0.39 is 5.60 Å². The molecule has 1 amide bonds. The van der Waals surface area contributed by atoms with Crippen molar-refractivity contribution in [2.75, 3.05) is 19.6 Å². The molecule has 2 heterocycles. The third-order valence-corrected chi connectivity index (χ3v) is 4.24. The Kier molecular flexibility index (Phi) is 4.65. The summed E-state index contributed by atoms with van der Waals surface area (Å²) in [6.45, 7) is 7.53. The van der Waals surface area contributed by atoms with E-state index in [1.54, 1.807) is 4.90 Å². The lowest BCUT2D eigenvalue weighted by Gasteiger charge is -2.37. The molecule has 1 aromatic heterocycles. The fourth-order valence-electron chi connectivity index (χ4n) is 2.86. The van der Waals surface area contributed by atoms with Crippen LogP contribution in [0.1, 0.15) is 32.4 Å². The highest BCUT2D eigenvalue weighted by atomic mass is 35.5. The van der Waals surface area contributed by atoms with Crippen LogP contribution in [0.4, 0.5) is 4.79 Å². The fourth-order valence-corrected chi connectivity index (χ4v) is 3.14. The number of halogens is 1. The standard InChI is InChI=1S/C18H22ClN3O2/c1-18(2,3)24-17(23)22-9-8-20-11-15(22)13-10-12-6-4-5-7-14(12)21-16(13)19/h4-7,10,15,20H,8-9,11H2,1-3H3. The molecule has 0 spiro atoms. The molecule has 3 rings (SSSR count). The highest BCUT2D eigenvalue weighted by Gasteiger charge is 2.32. The number of piperazine rings is 1. The first-order valence-electron chi connectivity index (χ1n) is 8.11. The number of fused-ring (bicyclic) bond motifs is 1. The van der Waals surface area contributed by atoms with Gasteiger partial charge in [-0.25, -0.2) is 9.78 Å². The predicted molar refractivity (Wildman–Crippen MR) is 95.3 cm³/mol. The molecule has 0 saturated carbocycles. The van der Waals surface area contributed by atoms with Crippen LogP contribution in [0.3, 0.4) is 0 Å². The zero-order valence-electron chi connectivity index (χ0n) is 14.2. The Hall–Kier alpha value is -1.85. The molecule has 6 heteroatoms. The number of carbonyl (C=O) groups excluding carboxylic acids is 1. The number of benzene rings is 1. The molecule has 1 aromatic carbocycles. The number of hydrogen-bond donors (Lipinski definition) is 1. The van der Waals surface area contributed by atoms with Gasteiger partial charge in [0.2, 0.25) is 0 Å². The summed E-state index contributed by atoms with van der Waals surface area (Å²) in [7, 11) is 0. The molecule has 0 radical (unpaired) electrons. The highest BCUT2D eigenvalue weighted by molar-refractivity contribution is 6.30. The SMILES string of the molecule is CC(C)(C)OC(=O)N1CCNCC1c1cc2ccccc2nc1Cl. The lowest BCUT2D eigenvalue weighted by atomic mass is 10.0. The molecule has 1 N–H and O–H groups in total. The quantitative estimate of drug-likeness (QED) is 0.798. The van der Waals surface area contributed by atoms with Gasteiger partial charge in [-0.1, -0.05) is 29.8 Å². The normalized spacial score (nSPS) is 18.7. The van der Waals surface area contributed by atoms with Gasteiger partial charge in [0.15, 0.2) is 0 Å². The van der Waals surface area contributed by atoms with Gasteiger partial charge in [0.05, 0.1) is 11.6 Å². The van der Waals surface area contributed by atoms with Gasteiger partial charge >= 0.3 is 6.09 Å². The third kappa shape index (κ3) is 3.62. The van der Waals surface area contributed by atoms with Gasteiger partial charge < -0.3 is 10.1 Å². The van der Waals surface area contributed by atoms with E-state index in [4.69, 9.17) is 16.3 Å². The van der Waals surface area contributed by atoms with E-state index in [2.05, 4.69) is 10.3 Å². The first kappa shape index (κ1) is 17.0. The zero-order chi connectivity index (χ0) is 17.3. The summed E-state index contributed by atoms with van der Waals surface area (Å²) < 4.78 is 5.55. The molecular weight excluding hydrogens is 326 g/mol. The van der Waals surface area contributed by atoms with Crippen molar-refractivity contribution in [3.8, 4) is 0 Å². The first-order valence-corrected chi connectivity index (χ1v) is 8.48. The van der Waals surface area contributed by atoms with Crippen LogP contribution in [0.25, 0.3) is 10.9 Å². The molecule has 24 heavy (non-hydrogen) atoms. The Morgan fingerprint density at radius 3 is 2.88 bits per heavy atom. The molecule has 0 bridgehead atoms. The van der Waals surface area contributed by atoms with Crippen LogP contribution in [-0.4, -0.2) is 41.2 Å². The maximum atomic E-state index is 12.6. The van der Waals surface area contributed by atoms with Gasteiger partial charge in [-0.2, -0.15) is 0 Å². The molecule has 1 saturated heterocycles. The lowest BCUT2D eigenvalue weighted by molar-refractivity contribution is 0.0118. The number of pyridine rings is 1. The second kappa shape index (κ2) is 6.57. The van der Waals surface area contributed by atoms with E-state index in [-0.39, 0.29) is 12.1 Å². The summed E-state index contributed by atoms with van der Waals surface area (Å²) in [6, 6.07) is 9.64. The van der Waals surface area contributed by atoms with Crippen molar-refractivity contribution in [3.05, 3.63) is 41.0 Å². The Balaban J connectivity index is 1.96. The van der Waals surface area contributed by atoms with Gasteiger partial charge in [-0.3, -0.25) is 4.90 Å².